The number of nitrogens with zero attached hydrogens (tertiary/aromatic N) is 3. The first-order valence-corrected chi connectivity index (χ1v) is 12.4. The van der Waals surface area contributed by atoms with Crippen LogP contribution in [0.1, 0.15) is 76.2 Å². The lowest BCUT2D eigenvalue weighted by atomic mass is 9.92. The molecule has 1 atom stereocenters. The van der Waals surface area contributed by atoms with Crippen molar-refractivity contribution in [2.24, 2.45) is 5.92 Å². The largest absolute Gasteiger partial charge is 0.353 e. The van der Waals surface area contributed by atoms with Crippen molar-refractivity contribution in [2.75, 3.05) is 26.2 Å². The quantitative estimate of drug-likeness (QED) is 0.794. The molecule has 3 heterocycles. The zero-order chi connectivity index (χ0) is 20.6. The maximum absolute atomic E-state index is 13.0. The summed E-state index contributed by atoms with van der Waals surface area (Å²) in [6.07, 6.45) is 17.4. The SMILES string of the molecule is O=C(NC1CCCCCCC1)[C@@H]1CCCN(C2CCN(Cc3ccncc3)CC2)C1. The van der Waals surface area contributed by atoms with Crippen molar-refractivity contribution in [3.05, 3.63) is 30.1 Å². The second kappa shape index (κ2) is 11.2. The van der Waals surface area contributed by atoms with E-state index >= 15 is 0 Å². The van der Waals surface area contributed by atoms with E-state index in [1.54, 1.807) is 0 Å². The van der Waals surface area contributed by atoms with Crippen molar-refractivity contribution in [3.8, 4) is 0 Å². The van der Waals surface area contributed by atoms with Gasteiger partial charge in [0.05, 0.1) is 5.92 Å². The molecule has 0 bridgehead atoms. The lowest BCUT2D eigenvalue weighted by Crippen LogP contribution is -2.51. The van der Waals surface area contributed by atoms with Crippen LogP contribution in [0.3, 0.4) is 0 Å². The molecule has 166 valence electrons. The second-order valence-electron chi connectivity index (χ2n) is 9.75. The van der Waals surface area contributed by atoms with Crippen LogP contribution in [0, 0.1) is 5.92 Å². The number of carbonyl (C=O) groups is 1. The third-order valence-electron chi connectivity index (χ3n) is 7.50. The molecule has 3 fully saturated rings. The number of nitrogens with one attached hydrogen (secondary N) is 1. The smallest absolute Gasteiger partial charge is 0.224 e. The van der Waals surface area contributed by atoms with Crippen LogP contribution in [0.25, 0.3) is 0 Å². The Morgan fingerprint density at radius 2 is 1.60 bits per heavy atom. The highest BCUT2D eigenvalue weighted by Crippen LogP contribution is 2.25. The Labute approximate surface area is 182 Å². The molecule has 1 aromatic heterocycles. The molecule has 1 saturated carbocycles. The van der Waals surface area contributed by atoms with Gasteiger partial charge in [-0.1, -0.05) is 32.1 Å². The van der Waals surface area contributed by atoms with Gasteiger partial charge in [0, 0.05) is 37.6 Å². The molecule has 1 amide bonds. The van der Waals surface area contributed by atoms with E-state index in [0.29, 0.717) is 18.0 Å². The number of hydrogen-bond donors (Lipinski definition) is 1. The molecule has 5 nitrogen and oxygen atoms in total. The van der Waals surface area contributed by atoms with Gasteiger partial charge in [0.25, 0.3) is 0 Å². The predicted octanol–water partition coefficient (Wildman–Crippen LogP) is 3.99. The number of likely N-dealkylation sites (tertiary alicyclic amines) is 2. The van der Waals surface area contributed by atoms with Gasteiger partial charge in [0.15, 0.2) is 0 Å². The standard InChI is InChI=1S/C25H40N4O/c30-25(27-23-8-4-2-1-3-5-9-23)22-7-6-16-29(20-22)24-12-17-28(18-13-24)19-21-10-14-26-15-11-21/h10-11,14-15,22-24H,1-9,12-13,16-20H2,(H,27,30)/t22-/m1/s1. The average Bonchev–Trinajstić information content (AvgIpc) is 2.77. The van der Waals surface area contributed by atoms with E-state index in [9.17, 15) is 4.79 Å². The summed E-state index contributed by atoms with van der Waals surface area (Å²) in [4.78, 5) is 22.3. The number of pyridine rings is 1. The first-order chi connectivity index (χ1) is 14.8. The van der Waals surface area contributed by atoms with Gasteiger partial charge in [-0.25, -0.2) is 0 Å². The summed E-state index contributed by atoms with van der Waals surface area (Å²) in [5.74, 6) is 0.527. The van der Waals surface area contributed by atoms with Crippen molar-refractivity contribution < 1.29 is 4.79 Å². The number of piperidine rings is 2. The summed E-state index contributed by atoms with van der Waals surface area (Å²) in [7, 11) is 0. The highest BCUT2D eigenvalue weighted by atomic mass is 16.2. The number of carbonyl (C=O) groups excluding carboxylic acids is 1. The Morgan fingerprint density at radius 1 is 0.900 bits per heavy atom. The Bertz CT molecular complexity index is 636. The zero-order valence-corrected chi connectivity index (χ0v) is 18.6. The Kier molecular flexibility index (Phi) is 8.15. The lowest BCUT2D eigenvalue weighted by Gasteiger charge is -2.42. The van der Waals surface area contributed by atoms with Gasteiger partial charge in [0.1, 0.15) is 0 Å². The molecular formula is C25H40N4O. The van der Waals surface area contributed by atoms with E-state index < -0.39 is 0 Å². The van der Waals surface area contributed by atoms with Crippen LogP contribution < -0.4 is 5.32 Å². The molecule has 0 radical (unpaired) electrons. The predicted molar refractivity (Wildman–Crippen MR) is 121 cm³/mol. The van der Waals surface area contributed by atoms with E-state index in [1.165, 1.54) is 76.3 Å². The lowest BCUT2D eigenvalue weighted by molar-refractivity contribution is -0.128. The van der Waals surface area contributed by atoms with Crippen LogP contribution in [-0.4, -0.2) is 59.0 Å². The summed E-state index contributed by atoms with van der Waals surface area (Å²) >= 11 is 0. The van der Waals surface area contributed by atoms with Crippen molar-refractivity contribution in [1.29, 1.82) is 0 Å². The van der Waals surface area contributed by atoms with Crippen LogP contribution in [0.4, 0.5) is 0 Å². The normalized spacial score (nSPS) is 26.1. The van der Waals surface area contributed by atoms with Gasteiger partial charge in [0.2, 0.25) is 5.91 Å². The molecule has 1 aliphatic carbocycles. The monoisotopic (exact) mass is 412 g/mol. The summed E-state index contributed by atoms with van der Waals surface area (Å²) < 4.78 is 0. The summed E-state index contributed by atoms with van der Waals surface area (Å²) in [6.45, 7) is 5.47. The van der Waals surface area contributed by atoms with Crippen molar-refractivity contribution in [2.45, 2.75) is 89.3 Å². The first kappa shape index (κ1) is 21.8. The maximum Gasteiger partial charge on any atom is 0.224 e. The average molecular weight is 413 g/mol. The Balaban J connectivity index is 1.22. The van der Waals surface area contributed by atoms with Crippen LogP contribution >= 0.6 is 0 Å². The Morgan fingerprint density at radius 3 is 2.33 bits per heavy atom. The van der Waals surface area contributed by atoms with E-state index in [4.69, 9.17) is 0 Å². The first-order valence-electron chi connectivity index (χ1n) is 12.4. The van der Waals surface area contributed by atoms with Crippen LogP contribution in [0.15, 0.2) is 24.5 Å². The zero-order valence-electron chi connectivity index (χ0n) is 18.6. The van der Waals surface area contributed by atoms with Crippen LogP contribution in [0.5, 0.6) is 0 Å². The summed E-state index contributed by atoms with van der Waals surface area (Å²) in [5.41, 5.74) is 1.35. The molecule has 30 heavy (non-hydrogen) atoms. The van der Waals surface area contributed by atoms with E-state index in [1.807, 2.05) is 12.4 Å². The van der Waals surface area contributed by atoms with Gasteiger partial charge in [-0.15, -0.1) is 0 Å². The van der Waals surface area contributed by atoms with Crippen molar-refractivity contribution in [1.82, 2.24) is 20.1 Å². The van der Waals surface area contributed by atoms with Crippen molar-refractivity contribution in [3.63, 3.8) is 0 Å². The molecule has 4 rings (SSSR count). The molecule has 5 heteroatoms. The topological polar surface area (TPSA) is 48.5 Å². The number of hydrogen-bond acceptors (Lipinski definition) is 4. The fourth-order valence-corrected chi connectivity index (χ4v) is 5.66. The molecule has 1 aromatic rings. The van der Waals surface area contributed by atoms with E-state index in [2.05, 4.69) is 32.2 Å². The summed E-state index contributed by atoms with van der Waals surface area (Å²) in [5, 5.41) is 3.44. The third kappa shape index (κ3) is 6.27. The van der Waals surface area contributed by atoms with Gasteiger partial charge < -0.3 is 5.32 Å². The highest BCUT2D eigenvalue weighted by Gasteiger charge is 2.32. The maximum atomic E-state index is 13.0. The molecule has 0 unspecified atom stereocenters. The Hall–Kier alpha value is -1.46. The van der Waals surface area contributed by atoms with Crippen molar-refractivity contribution >= 4 is 5.91 Å². The second-order valence-corrected chi connectivity index (χ2v) is 9.75. The highest BCUT2D eigenvalue weighted by molar-refractivity contribution is 5.79. The van der Waals surface area contributed by atoms with Gasteiger partial charge in [-0.05, 0) is 75.9 Å². The van der Waals surface area contributed by atoms with Crippen LogP contribution in [-0.2, 0) is 11.3 Å². The summed E-state index contributed by atoms with van der Waals surface area (Å²) in [6, 6.07) is 5.31. The molecule has 0 spiro atoms. The fraction of sp³-hybridized carbons (Fsp3) is 0.760. The minimum absolute atomic E-state index is 0.194. The van der Waals surface area contributed by atoms with Gasteiger partial charge in [-0.2, -0.15) is 0 Å². The molecule has 0 aromatic carbocycles. The number of rotatable bonds is 5. The van der Waals surface area contributed by atoms with Crippen LogP contribution in [0.2, 0.25) is 0 Å². The minimum atomic E-state index is 0.194. The van der Waals surface area contributed by atoms with E-state index in [-0.39, 0.29) is 5.92 Å². The minimum Gasteiger partial charge on any atom is -0.353 e. The molecule has 2 aliphatic heterocycles. The molecule has 3 aliphatic rings. The van der Waals surface area contributed by atoms with Gasteiger partial charge in [-0.3, -0.25) is 19.6 Å². The molecule has 2 saturated heterocycles. The molecular weight excluding hydrogens is 372 g/mol. The fourth-order valence-electron chi connectivity index (χ4n) is 5.66. The van der Waals surface area contributed by atoms with E-state index in [0.717, 1.165) is 32.6 Å². The number of amides is 1. The number of aromatic nitrogens is 1. The third-order valence-corrected chi connectivity index (χ3v) is 7.50. The van der Waals surface area contributed by atoms with Gasteiger partial charge >= 0.3 is 0 Å². The molecule has 1 N–H and O–H groups in total.